The first-order chi connectivity index (χ1) is 10.8. The van der Waals surface area contributed by atoms with Crippen LogP contribution in [0.15, 0.2) is 24.3 Å². The fourth-order valence-corrected chi connectivity index (χ4v) is 2.94. The first-order valence-corrected chi connectivity index (χ1v) is 7.82. The van der Waals surface area contributed by atoms with Crippen LogP contribution in [-0.4, -0.2) is 48.1 Å². The molecular weight excluding hydrogens is 307 g/mol. The van der Waals surface area contributed by atoms with Crippen LogP contribution in [-0.2, 0) is 6.18 Å². The van der Waals surface area contributed by atoms with E-state index < -0.39 is 11.7 Å². The van der Waals surface area contributed by atoms with E-state index >= 15 is 0 Å². The van der Waals surface area contributed by atoms with Gasteiger partial charge < -0.3 is 10.2 Å². The number of urea groups is 1. The van der Waals surface area contributed by atoms with Gasteiger partial charge in [0, 0.05) is 24.8 Å². The number of amides is 2. The highest BCUT2D eigenvalue weighted by molar-refractivity contribution is 5.89. The Morgan fingerprint density at radius 2 is 2.04 bits per heavy atom. The van der Waals surface area contributed by atoms with Gasteiger partial charge in [0.1, 0.15) is 0 Å². The lowest BCUT2D eigenvalue weighted by Gasteiger charge is -2.26. The van der Waals surface area contributed by atoms with Crippen LogP contribution in [0.3, 0.4) is 0 Å². The summed E-state index contributed by atoms with van der Waals surface area (Å²) in [5.41, 5.74) is -0.603. The number of hydrogen-bond donors (Lipinski definition) is 1. The summed E-state index contributed by atoms with van der Waals surface area (Å²) in [6.07, 6.45) is -3.53. The highest BCUT2D eigenvalue weighted by Gasteiger charge is 2.31. The summed E-state index contributed by atoms with van der Waals surface area (Å²) >= 11 is 0. The first-order valence-electron chi connectivity index (χ1n) is 7.82. The quantitative estimate of drug-likeness (QED) is 0.915. The highest BCUT2D eigenvalue weighted by atomic mass is 19.4. The number of benzene rings is 1. The fraction of sp³-hybridized carbons (Fsp3) is 0.562. The van der Waals surface area contributed by atoms with Crippen LogP contribution in [0.5, 0.6) is 0 Å². The second-order valence-corrected chi connectivity index (χ2v) is 5.62. The maximum Gasteiger partial charge on any atom is 0.416 e. The Morgan fingerprint density at radius 1 is 1.35 bits per heavy atom. The van der Waals surface area contributed by atoms with Gasteiger partial charge in [-0.05, 0) is 37.7 Å². The summed E-state index contributed by atoms with van der Waals surface area (Å²) in [5, 5.41) is 2.56. The molecule has 1 aromatic carbocycles. The van der Waals surface area contributed by atoms with Crippen molar-refractivity contribution in [2.45, 2.75) is 32.5 Å². The van der Waals surface area contributed by atoms with Crippen molar-refractivity contribution >= 4 is 11.7 Å². The minimum absolute atomic E-state index is 0.163. The second kappa shape index (κ2) is 7.21. The molecule has 0 radical (unpaired) electrons. The Morgan fingerprint density at radius 3 is 2.65 bits per heavy atom. The van der Waals surface area contributed by atoms with Crippen molar-refractivity contribution in [3.63, 3.8) is 0 Å². The monoisotopic (exact) mass is 329 g/mol. The van der Waals surface area contributed by atoms with Crippen molar-refractivity contribution < 1.29 is 18.0 Å². The lowest BCUT2D eigenvalue weighted by atomic mass is 10.2. The Kier molecular flexibility index (Phi) is 5.51. The third-order valence-corrected chi connectivity index (χ3v) is 4.22. The molecule has 0 aromatic heterocycles. The Hall–Kier alpha value is -1.76. The minimum atomic E-state index is -4.41. The normalized spacial score (nSPS) is 18.5. The molecule has 1 aliphatic heterocycles. The van der Waals surface area contributed by atoms with Crippen LogP contribution in [0.25, 0.3) is 0 Å². The molecule has 0 spiro atoms. The van der Waals surface area contributed by atoms with Gasteiger partial charge >= 0.3 is 12.2 Å². The molecule has 1 N–H and O–H groups in total. The number of nitrogens with zero attached hydrogens (tertiary/aromatic N) is 2. The van der Waals surface area contributed by atoms with Crippen LogP contribution in [0.1, 0.15) is 25.8 Å². The average molecular weight is 329 g/mol. The van der Waals surface area contributed by atoms with Gasteiger partial charge in [-0.25, -0.2) is 4.79 Å². The van der Waals surface area contributed by atoms with Crippen molar-refractivity contribution in [2.24, 2.45) is 0 Å². The SMILES string of the molecule is CCN(CC)C1CCN(C(=O)Nc2cccc(C(F)(F)F)c2)C1. The molecule has 1 atom stereocenters. The minimum Gasteiger partial charge on any atom is -0.323 e. The van der Waals surface area contributed by atoms with Gasteiger partial charge in [0.2, 0.25) is 0 Å². The molecule has 7 heteroatoms. The van der Waals surface area contributed by atoms with E-state index in [0.29, 0.717) is 19.1 Å². The molecule has 1 heterocycles. The maximum absolute atomic E-state index is 12.7. The number of carbonyl (C=O) groups excluding carboxylic acids is 1. The van der Waals surface area contributed by atoms with Crippen LogP contribution in [0.4, 0.5) is 23.7 Å². The molecular formula is C16H22F3N3O. The zero-order chi connectivity index (χ0) is 17.0. The summed E-state index contributed by atoms with van der Waals surface area (Å²) in [6.45, 7) is 7.22. The summed E-state index contributed by atoms with van der Waals surface area (Å²) in [6, 6.07) is 4.67. The molecule has 0 saturated carbocycles. The molecule has 1 fully saturated rings. The number of anilines is 1. The van der Waals surface area contributed by atoms with Crippen molar-refractivity contribution in [1.29, 1.82) is 0 Å². The molecule has 1 aliphatic rings. The number of hydrogen-bond acceptors (Lipinski definition) is 2. The second-order valence-electron chi connectivity index (χ2n) is 5.62. The van der Waals surface area contributed by atoms with Crippen LogP contribution in [0.2, 0.25) is 0 Å². The van der Waals surface area contributed by atoms with E-state index in [-0.39, 0.29) is 11.7 Å². The highest BCUT2D eigenvalue weighted by Crippen LogP contribution is 2.30. The van der Waals surface area contributed by atoms with Crippen LogP contribution < -0.4 is 5.32 Å². The van der Waals surface area contributed by atoms with E-state index in [1.165, 1.54) is 12.1 Å². The number of alkyl halides is 3. The molecule has 23 heavy (non-hydrogen) atoms. The van der Waals surface area contributed by atoms with Gasteiger partial charge in [0.15, 0.2) is 0 Å². The fourth-order valence-electron chi connectivity index (χ4n) is 2.94. The molecule has 1 saturated heterocycles. The van der Waals surface area contributed by atoms with Crippen molar-refractivity contribution in [2.75, 3.05) is 31.5 Å². The molecule has 1 aromatic rings. The average Bonchev–Trinajstić information content (AvgIpc) is 2.98. The van der Waals surface area contributed by atoms with E-state index in [2.05, 4.69) is 24.1 Å². The van der Waals surface area contributed by atoms with Gasteiger partial charge in [0.05, 0.1) is 5.56 Å². The lowest BCUT2D eigenvalue weighted by Crippen LogP contribution is -2.39. The first kappa shape index (κ1) is 17.6. The van der Waals surface area contributed by atoms with Gasteiger partial charge in [-0.2, -0.15) is 13.2 Å². The summed E-state index contributed by atoms with van der Waals surface area (Å²) in [4.78, 5) is 16.2. The molecule has 2 amide bonds. The summed E-state index contributed by atoms with van der Waals surface area (Å²) in [5.74, 6) is 0. The van der Waals surface area contributed by atoms with Gasteiger partial charge in [-0.3, -0.25) is 4.90 Å². The molecule has 128 valence electrons. The molecule has 0 bridgehead atoms. The number of rotatable bonds is 4. The summed E-state index contributed by atoms with van der Waals surface area (Å²) in [7, 11) is 0. The number of carbonyl (C=O) groups is 1. The zero-order valence-electron chi connectivity index (χ0n) is 13.4. The van der Waals surface area contributed by atoms with E-state index in [1.807, 2.05) is 0 Å². The topological polar surface area (TPSA) is 35.6 Å². The van der Waals surface area contributed by atoms with Crippen molar-refractivity contribution in [3.05, 3.63) is 29.8 Å². The number of likely N-dealkylation sites (N-methyl/N-ethyl adjacent to an activating group) is 1. The molecule has 0 aliphatic carbocycles. The maximum atomic E-state index is 12.7. The Labute approximate surface area is 134 Å². The van der Waals surface area contributed by atoms with Crippen LogP contribution in [0, 0.1) is 0 Å². The molecule has 1 unspecified atom stereocenters. The Bertz CT molecular complexity index is 544. The lowest BCUT2D eigenvalue weighted by molar-refractivity contribution is -0.137. The molecule has 4 nitrogen and oxygen atoms in total. The predicted molar refractivity (Wildman–Crippen MR) is 83.4 cm³/mol. The van der Waals surface area contributed by atoms with E-state index in [1.54, 1.807) is 4.90 Å². The molecule has 2 rings (SSSR count). The van der Waals surface area contributed by atoms with Crippen LogP contribution >= 0.6 is 0 Å². The third kappa shape index (κ3) is 4.37. The largest absolute Gasteiger partial charge is 0.416 e. The number of nitrogens with one attached hydrogen (secondary N) is 1. The number of halogens is 3. The zero-order valence-corrected chi connectivity index (χ0v) is 13.4. The van der Waals surface area contributed by atoms with Crippen molar-refractivity contribution in [3.8, 4) is 0 Å². The van der Waals surface area contributed by atoms with Gasteiger partial charge in [0.25, 0.3) is 0 Å². The van der Waals surface area contributed by atoms with E-state index in [4.69, 9.17) is 0 Å². The Balaban J connectivity index is 1.98. The summed E-state index contributed by atoms with van der Waals surface area (Å²) < 4.78 is 38.1. The van der Waals surface area contributed by atoms with Gasteiger partial charge in [-0.15, -0.1) is 0 Å². The third-order valence-electron chi connectivity index (χ3n) is 4.22. The number of likely N-dealkylation sites (tertiary alicyclic amines) is 1. The predicted octanol–water partition coefficient (Wildman–Crippen LogP) is 3.65. The van der Waals surface area contributed by atoms with Crippen molar-refractivity contribution in [1.82, 2.24) is 9.80 Å². The van der Waals surface area contributed by atoms with E-state index in [9.17, 15) is 18.0 Å². The smallest absolute Gasteiger partial charge is 0.323 e. The van der Waals surface area contributed by atoms with E-state index in [0.717, 1.165) is 31.6 Å². The van der Waals surface area contributed by atoms with Gasteiger partial charge in [-0.1, -0.05) is 19.9 Å². The standard InChI is InChI=1S/C16H22F3N3O/c1-3-21(4-2)14-8-9-22(11-14)15(23)20-13-7-5-6-12(10-13)16(17,18)19/h5-7,10,14H,3-4,8-9,11H2,1-2H3,(H,20,23).